The number of ether oxygens (including phenoxy) is 1. The molecule has 0 bridgehead atoms. The lowest BCUT2D eigenvalue weighted by atomic mass is 10.2. The Balaban J connectivity index is 2.48. The van der Waals surface area contributed by atoms with Crippen LogP contribution in [0.3, 0.4) is 0 Å². The van der Waals surface area contributed by atoms with Crippen LogP contribution in [0.15, 0.2) is 18.2 Å². The van der Waals surface area contributed by atoms with Crippen molar-refractivity contribution in [2.24, 2.45) is 0 Å². The molecule has 0 radical (unpaired) electrons. The second kappa shape index (κ2) is 6.48. The minimum Gasteiger partial charge on any atom is -0.489 e. The molecule has 0 aliphatic carbocycles. The molecule has 0 amide bonds. The van der Waals surface area contributed by atoms with Gasteiger partial charge < -0.3 is 10.1 Å². The van der Waals surface area contributed by atoms with Gasteiger partial charge in [0.25, 0.3) is 0 Å². The summed E-state index contributed by atoms with van der Waals surface area (Å²) in [6, 6.07) is 4.62. The molecule has 3 heteroatoms. The average Bonchev–Trinajstić information content (AvgIpc) is 2.24. The monoisotopic (exact) mass is 225 g/mol. The van der Waals surface area contributed by atoms with Gasteiger partial charge >= 0.3 is 0 Å². The molecule has 2 nitrogen and oxygen atoms in total. The summed E-state index contributed by atoms with van der Waals surface area (Å²) in [4.78, 5) is 0. The lowest BCUT2D eigenvalue weighted by Gasteiger charge is -2.16. The Kier molecular flexibility index (Phi) is 5.26. The molecule has 0 saturated carbocycles. The first-order valence-electron chi connectivity index (χ1n) is 5.77. The molecule has 1 N–H and O–H groups in total. The summed E-state index contributed by atoms with van der Waals surface area (Å²) in [5, 5.41) is 3.27. The summed E-state index contributed by atoms with van der Waals surface area (Å²) in [6.45, 7) is 7.78. The molecule has 90 valence electrons. The van der Waals surface area contributed by atoms with Crippen LogP contribution in [-0.4, -0.2) is 19.2 Å². The van der Waals surface area contributed by atoms with E-state index in [0.29, 0.717) is 5.75 Å². The minimum atomic E-state index is -0.255. The molecule has 1 unspecified atom stereocenters. The normalized spacial score (nSPS) is 12.5. The smallest absolute Gasteiger partial charge is 0.126 e. The van der Waals surface area contributed by atoms with Gasteiger partial charge in [-0.1, -0.05) is 13.0 Å². The van der Waals surface area contributed by atoms with Crippen molar-refractivity contribution < 1.29 is 9.13 Å². The number of halogens is 1. The van der Waals surface area contributed by atoms with Crippen LogP contribution in [0.4, 0.5) is 4.39 Å². The molecule has 1 rings (SSSR count). The molecule has 1 atom stereocenters. The van der Waals surface area contributed by atoms with Gasteiger partial charge in [0.05, 0.1) is 0 Å². The zero-order valence-electron chi connectivity index (χ0n) is 10.2. The fourth-order valence-electron chi connectivity index (χ4n) is 1.44. The first kappa shape index (κ1) is 13.0. The zero-order chi connectivity index (χ0) is 12.0. The van der Waals surface area contributed by atoms with Crippen molar-refractivity contribution >= 4 is 0 Å². The van der Waals surface area contributed by atoms with Crippen molar-refractivity contribution in [2.75, 3.05) is 13.1 Å². The van der Waals surface area contributed by atoms with Crippen LogP contribution in [0.1, 0.15) is 25.8 Å². The molecular weight excluding hydrogens is 205 g/mol. The highest BCUT2D eigenvalue weighted by atomic mass is 19.1. The first-order valence-corrected chi connectivity index (χ1v) is 5.77. The number of rotatable bonds is 6. The van der Waals surface area contributed by atoms with Crippen molar-refractivity contribution in [1.82, 2.24) is 5.32 Å². The fraction of sp³-hybridized carbons (Fsp3) is 0.538. The Bertz CT molecular complexity index is 328. The van der Waals surface area contributed by atoms with Crippen LogP contribution in [-0.2, 0) is 0 Å². The molecule has 0 aliphatic rings. The Morgan fingerprint density at radius 1 is 1.44 bits per heavy atom. The Morgan fingerprint density at radius 3 is 2.88 bits per heavy atom. The first-order chi connectivity index (χ1) is 7.63. The maximum absolute atomic E-state index is 13.0. The highest BCUT2D eigenvalue weighted by molar-refractivity contribution is 5.32. The number of aryl methyl sites for hydroxylation is 1. The number of hydrogen-bond acceptors (Lipinski definition) is 2. The van der Waals surface area contributed by atoms with Crippen LogP contribution >= 0.6 is 0 Å². The molecule has 1 aromatic rings. The maximum Gasteiger partial charge on any atom is 0.126 e. The Labute approximate surface area is 96.8 Å². The molecule has 1 aromatic carbocycles. The molecule has 16 heavy (non-hydrogen) atoms. The quantitative estimate of drug-likeness (QED) is 0.752. The zero-order valence-corrected chi connectivity index (χ0v) is 10.2. The second-order valence-corrected chi connectivity index (χ2v) is 4.04. The van der Waals surface area contributed by atoms with Gasteiger partial charge in [0.1, 0.15) is 17.7 Å². The van der Waals surface area contributed by atoms with E-state index in [2.05, 4.69) is 12.2 Å². The van der Waals surface area contributed by atoms with E-state index in [4.69, 9.17) is 4.74 Å². The summed E-state index contributed by atoms with van der Waals surface area (Å²) >= 11 is 0. The third-order valence-corrected chi connectivity index (χ3v) is 2.34. The summed E-state index contributed by atoms with van der Waals surface area (Å²) < 4.78 is 18.7. The maximum atomic E-state index is 13.0. The molecule has 0 fully saturated rings. The van der Waals surface area contributed by atoms with E-state index >= 15 is 0 Å². The van der Waals surface area contributed by atoms with Gasteiger partial charge in [-0.3, -0.25) is 0 Å². The van der Waals surface area contributed by atoms with Crippen LogP contribution in [0.5, 0.6) is 5.75 Å². The number of hydrogen-bond donors (Lipinski definition) is 1. The van der Waals surface area contributed by atoms with E-state index in [-0.39, 0.29) is 11.9 Å². The standard InChI is InChI=1S/C13H20FNO/c1-4-7-15-9-11(3)16-13-8-12(14)6-5-10(13)2/h5-6,8,11,15H,4,7,9H2,1-3H3. The van der Waals surface area contributed by atoms with Crippen molar-refractivity contribution in [3.8, 4) is 5.75 Å². The van der Waals surface area contributed by atoms with Gasteiger partial charge in [-0.25, -0.2) is 4.39 Å². The summed E-state index contributed by atoms with van der Waals surface area (Å²) in [5.74, 6) is 0.375. The SMILES string of the molecule is CCCNCC(C)Oc1cc(F)ccc1C. The largest absolute Gasteiger partial charge is 0.489 e. The molecule has 0 aliphatic heterocycles. The van der Waals surface area contributed by atoms with Crippen LogP contribution in [0, 0.1) is 12.7 Å². The van der Waals surface area contributed by atoms with Gasteiger partial charge in [-0.15, -0.1) is 0 Å². The topological polar surface area (TPSA) is 21.3 Å². The van der Waals surface area contributed by atoms with Crippen LogP contribution in [0.25, 0.3) is 0 Å². The fourth-order valence-corrected chi connectivity index (χ4v) is 1.44. The third kappa shape index (κ3) is 4.19. The molecule has 0 saturated heterocycles. The number of nitrogens with one attached hydrogen (secondary N) is 1. The lowest BCUT2D eigenvalue weighted by molar-refractivity contribution is 0.215. The van der Waals surface area contributed by atoms with Gasteiger partial charge in [0, 0.05) is 12.6 Å². The second-order valence-electron chi connectivity index (χ2n) is 4.04. The average molecular weight is 225 g/mol. The highest BCUT2D eigenvalue weighted by Gasteiger charge is 2.06. The van der Waals surface area contributed by atoms with Gasteiger partial charge in [-0.2, -0.15) is 0 Å². The van der Waals surface area contributed by atoms with Gasteiger partial charge in [0.15, 0.2) is 0 Å². The Hall–Kier alpha value is -1.09. The van der Waals surface area contributed by atoms with Crippen LogP contribution < -0.4 is 10.1 Å². The van der Waals surface area contributed by atoms with E-state index in [1.165, 1.54) is 12.1 Å². The molecular formula is C13H20FNO. The molecule has 0 spiro atoms. The summed E-state index contributed by atoms with van der Waals surface area (Å²) in [7, 11) is 0. The van der Waals surface area contributed by atoms with Gasteiger partial charge in [-0.05, 0) is 38.4 Å². The van der Waals surface area contributed by atoms with E-state index in [9.17, 15) is 4.39 Å². The Morgan fingerprint density at radius 2 is 2.19 bits per heavy atom. The minimum absolute atomic E-state index is 0.0482. The van der Waals surface area contributed by atoms with Crippen molar-refractivity contribution in [3.05, 3.63) is 29.6 Å². The number of benzene rings is 1. The van der Waals surface area contributed by atoms with Crippen LogP contribution in [0.2, 0.25) is 0 Å². The van der Waals surface area contributed by atoms with Crippen molar-refractivity contribution in [1.29, 1.82) is 0 Å². The van der Waals surface area contributed by atoms with Crippen molar-refractivity contribution in [2.45, 2.75) is 33.3 Å². The van der Waals surface area contributed by atoms with E-state index in [0.717, 1.165) is 25.1 Å². The van der Waals surface area contributed by atoms with Gasteiger partial charge in [0.2, 0.25) is 0 Å². The predicted molar refractivity (Wildman–Crippen MR) is 64.4 cm³/mol. The third-order valence-electron chi connectivity index (χ3n) is 2.34. The van der Waals surface area contributed by atoms with E-state index in [1.807, 2.05) is 13.8 Å². The van der Waals surface area contributed by atoms with E-state index in [1.54, 1.807) is 6.07 Å². The highest BCUT2D eigenvalue weighted by Crippen LogP contribution is 2.19. The van der Waals surface area contributed by atoms with E-state index < -0.39 is 0 Å². The summed E-state index contributed by atoms with van der Waals surface area (Å²) in [6.07, 6.45) is 1.15. The lowest BCUT2D eigenvalue weighted by Crippen LogP contribution is -2.29. The predicted octanol–water partition coefficient (Wildman–Crippen LogP) is 2.90. The molecule has 0 heterocycles. The summed E-state index contributed by atoms with van der Waals surface area (Å²) in [5.41, 5.74) is 0.962. The molecule has 0 aromatic heterocycles. The van der Waals surface area contributed by atoms with Crippen molar-refractivity contribution in [3.63, 3.8) is 0 Å².